The molecule has 0 bridgehead atoms. The fourth-order valence-corrected chi connectivity index (χ4v) is 1.89. The van der Waals surface area contributed by atoms with Crippen molar-refractivity contribution < 1.29 is 9.53 Å². The van der Waals surface area contributed by atoms with Crippen molar-refractivity contribution in [3.05, 3.63) is 28.8 Å². The van der Waals surface area contributed by atoms with Crippen LogP contribution in [0.4, 0.5) is 5.69 Å². The van der Waals surface area contributed by atoms with Crippen molar-refractivity contribution in [2.24, 2.45) is 5.92 Å². The first-order valence-electron chi connectivity index (χ1n) is 6.29. The number of nitrogens with two attached hydrogens (primary N) is 1. The lowest BCUT2D eigenvalue weighted by atomic mass is 10.1. The smallest absolute Gasteiger partial charge is 0.254 e. The Morgan fingerprint density at radius 1 is 1.47 bits per heavy atom. The molecule has 0 atom stereocenters. The number of ether oxygens (including phenoxy) is 1. The second-order valence-corrected chi connectivity index (χ2v) is 5.28. The lowest BCUT2D eigenvalue weighted by Gasteiger charge is -2.24. The second kappa shape index (κ2) is 7.36. The number of hydrogen-bond acceptors (Lipinski definition) is 3. The highest BCUT2D eigenvalue weighted by atomic mass is 35.5. The van der Waals surface area contributed by atoms with Crippen LogP contribution in [0.5, 0.6) is 0 Å². The SMILES string of the molecule is COCCN(CC(C)C)C(=O)c1ccc(Cl)c(N)c1. The molecule has 19 heavy (non-hydrogen) atoms. The zero-order chi connectivity index (χ0) is 14.4. The zero-order valence-electron chi connectivity index (χ0n) is 11.6. The van der Waals surface area contributed by atoms with Gasteiger partial charge in [0.1, 0.15) is 0 Å². The summed E-state index contributed by atoms with van der Waals surface area (Å²) in [5, 5.41) is 0.462. The molecular weight excluding hydrogens is 264 g/mol. The molecule has 0 fully saturated rings. The summed E-state index contributed by atoms with van der Waals surface area (Å²) in [4.78, 5) is 14.2. The van der Waals surface area contributed by atoms with Gasteiger partial charge in [-0.3, -0.25) is 4.79 Å². The number of nitrogens with zero attached hydrogens (tertiary/aromatic N) is 1. The van der Waals surface area contributed by atoms with Crippen molar-refractivity contribution in [1.29, 1.82) is 0 Å². The largest absolute Gasteiger partial charge is 0.398 e. The molecule has 0 aliphatic rings. The standard InChI is InChI=1S/C14H21ClN2O2/c1-10(2)9-17(6-7-19-3)14(18)11-4-5-12(15)13(16)8-11/h4-5,8,10H,6-7,9,16H2,1-3H3. The third kappa shape index (κ3) is 4.73. The molecule has 0 unspecified atom stereocenters. The van der Waals surface area contributed by atoms with Gasteiger partial charge in [-0.25, -0.2) is 0 Å². The van der Waals surface area contributed by atoms with Crippen LogP contribution in [0.15, 0.2) is 18.2 Å². The van der Waals surface area contributed by atoms with Crippen LogP contribution in [0.1, 0.15) is 24.2 Å². The van der Waals surface area contributed by atoms with Crippen LogP contribution in [-0.4, -0.2) is 37.6 Å². The Bertz CT molecular complexity index is 435. The Balaban J connectivity index is 2.87. The number of carbonyl (C=O) groups excluding carboxylic acids is 1. The minimum atomic E-state index is -0.0471. The number of nitrogen functional groups attached to an aromatic ring is 1. The van der Waals surface area contributed by atoms with Crippen LogP contribution in [0.2, 0.25) is 5.02 Å². The maximum atomic E-state index is 12.4. The Labute approximate surface area is 119 Å². The Morgan fingerprint density at radius 3 is 2.68 bits per heavy atom. The van der Waals surface area contributed by atoms with E-state index in [1.165, 1.54) is 0 Å². The number of anilines is 1. The predicted molar refractivity (Wildman–Crippen MR) is 78.5 cm³/mol. The first-order chi connectivity index (χ1) is 8.95. The average Bonchev–Trinajstić information content (AvgIpc) is 2.36. The van der Waals surface area contributed by atoms with Gasteiger partial charge in [0.2, 0.25) is 0 Å². The van der Waals surface area contributed by atoms with Gasteiger partial charge in [-0.2, -0.15) is 0 Å². The Hall–Kier alpha value is -1.26. The van der Waals surface area contributed by atoms with Crippen molar-refractivity contribution >= 4 is 23.2 Å². The molecule has 0 heterocycles. The van der Waals surface area contributed by atoms with E-state index in [9.17, 15) is 4.79 Å². The van der Waals surface area contributed by atoms with Crippen LogP contribution >= 0.6 is 11.6 Å². The van der Waals surface area contributed by atoms with Gasteiger partial charge in [0.25, 0.3) is 5.91 Å². The maximum Gasteiger partial charge on any atom is 0.254 e. The lowest BCUT2D eigenvalue weighted by molar-refractivity contribution is 0.0672. The molecule has 0 saturated heterocycles. The van der Waals surface area contributed by atoms with E-state index in [-0.39, 0.29) is 5.91 Å². The van der Waals surface area contributed by atoms with Gasteiger partial charge in [0, 0.05) is 25.8 Å². The van der Waals surface area contributed by atoms with E-state index in [0.29, 0.717) is 41.9 Å². The Morgan fingerprint density at radius 2 is 2.16 bits per heavy atom. The van der Waals surface area contributed by atoms with Crippen molar-refractivity contribution in [3.63, 3.8) is 0 Å². The van der Waals surface area contributed by atoms with Gasteiger partial charge >= 0.3 is 0 Å². The fraction of sp³-hybridized carbons (Fsp3) is 0.500. The van der Waals surface area contributed by atoms with Gasteiger partial charge < -0.3 is 15.4 Å². The molecule has 0 aliphatic heterocycles. The molecule has 5 heteroatoms. The number of carbonyl (C=O) groups is 1. The van der Waals surface area contributed by atoms with Crippen LogP contribution in [0, 0.1) is 5.92 Å². The molecule has 0 saturated carbocycles. The zero-order valence-corrected chi connectivity index (χ0v) is 12.4. The van der Waals surface area contributed by atoms with Gasteiger partial charge in [0.15, 0.2) is 0 Å². The highest BCUT2D eigenvalue weighted by Crippen LogP contribution is 2.20. The molecule has 1 amide bonds. The first-order valence-corrected chi connectivity index (χ1v) is 6.66. The normalized spacial score (nSPS) is 10.8. The number of rotatable bonds is 6. The van der Waals surface area contributed by atoms with Crippen LogP contribution in [-0.2, 0) is 4.74 Å². The third-order valence-electron chi connectivity index (χ3n) is 2.68. The molecular formula is C14H21ClN2O2. The molecule has 4 nitrogen and oxygen atoms in total. The van der Waals surface area contributed by atoms with Crippen molar-refractivity contribution in [3.8, 4) is 0 Å². The van der Waals surface area contributed by atoms with E-state index < -0.39 is 0 Å². The van der Waals surface area contributed by atoms with Gasteiger partial charge in [-0.15, -0.1) is 0 Å². The number of hydrogen-bond donors (Lipinski definition) is 1. The van der Waals surface area contributed by atoms with E-state index in [0.717, 1.165) is 0 Å². The van der Waals surface area contributed by atoms with E-state index in [2.05, 4.69) is 13.8 Å². The summed E-state index contributed by atoms with van der Waals surface area (Å²) in [6.07, 6.45) is 0. The average molecular weight is 285 g/mol. The summed E-state index contributed by atoms with van der Waals surface area (Å²) in [6.45, 7) is 5.91. The predicted octanol–water partition coefficient (Wildman–Crippen LogP) is 2.67. The van der Waals surface area contributed by atoms with Crippen LogP contribution < -0.4 is 5.73 Å². The third-order valence-corrected chi connectivity index (χ3v) is 3.03. The van der Waals surface area contributed by atoms with Crippen LogP contribution in [0.25, 0.3) is 0 Å². The Kier molecular flexibility index (Phi) is 6.12. The number of amides is 1. The highest BCUT2D eigenvalue weighted by molar-refractivity contribution is 6.33. The number of methoxy groups -OCH3 is 1. The summed E-state index contributed by atoms with van der Waals surface area (Å²) < 4.78 is 5.04. The van der Waals surface area contributed by atoms with Crippen molar-refractivity contribution in [2.75, 3.05) is 32.5 Å². The van der Waals surface area contributed by atoms with E-state index >= 15 is 0 Å². The summed E-state index contributed by atoms with van der Waals surface area (Å²) >= 11 is 5.86. The maximum absolute atomic E-state index is 12.4. The molecule has 0 aliphatic carbocycles. The minimum absolute atomic E-state index is 0.0471. The molecule has 0 aromatic heterocycles. The van der Waals surface area contributed by atoms with Gasteiger partial charge in [0.05, 0.1) is 17.3 Å². The fourth-order valence-electron chi connectivity index (χ4n) is 1.78. The molecule has 1 aromatic carbocycles. The summed E-state index contributed by atoms with van der Waals surface area (Å²) in [5.41, 5.74) is 6.71. The molecule has 1 rings (SSSR count). The second-order valence-electron chi connectivity index (χ2n) is 4.87. The number of halogens is 1. The monoisotopic (exact) mass is 284 g/mol. The summed E-state index contributed by atoms with van der Waals surface area (Å²) in [5.74, 6) is 0.347. The van der Waals surface area contributed by atoms with Crippen molar-refractivity contribution in [2.45, 2.75) is 13.8 Å². The molecule has 1 aromatic rings. The van der Waals surface area contributed by atoms with E-state index in [1.807, 2.05) is 0 Å². The van der Waals surface area contributed by atoms with E-state index in [4.69, 9.17) is 22.1 Å². The summed E-state index contributed by atoms with van der Waals surface area (Å²) in [7, 11) is 1.62. The quantitative estimate of drug-likeness (QED) is 0.817. The van der Waals surface area contributed by atoms with E-state index in [1.54, 1.807) is 30.2 Å². The first kappa shape index (κ1) is 15.8. The topological polar surface area (TPSA) is 55.6 Å². The highest BCUT2D eigenvalue weighted by Gasteiger charge is 2.17. The summed E-state index contributed by atoms with van der Waals surface area (Å²) in [6, 6.07) is 4.96. The minimum Gasteiger partial charge on any atom is -0.398 e. The molecule has 0 spiro atoms. The van der Waals surface area contributed by atoms with Gasteiger partial charge in [-0.1, -0.05) is 25.4 Å². The van der Waals surface area contributed by atoms with Crippen LogP contribution in [0.3, 0.4) is 0 Å². The molecule has 2 N–H and O–H groups in total. The van der Waals surface area contributed by atoms with Crippen molar-refractivity contribution in [1.82, 2.24) is 4.90 Å². The lowest BCUT2D eigenvalue weighted by Crippen LogP contribution is -2.36. The molecule has 0 radical (unpaired) electrons. The number of benzene rings is 1. The van der Waals surface area contributed by atoms with Gasteiger partial charge in [-0.05, 0) is 24.1 Å². The molecule has 106 valence electrons.